The van der Waals surface area contributed by atoms with E-state index in [0.717, 1.165) is 6.54 Å². The van der Waals surface area contributed by atoms with E-state index in [2.05, 4.69) is 50.1 Å². The lowest BCUT2D eigenvalue weighted by Gasteiger charge is -2.19. The fraction of sp³-hybridized carbons (Fsp3) is 0.538. The lowest BCUT2D eigenvalue weighted by molar-refractivity contribution is 0.705. The Bertz CT molecular complexity index is 268. The van der Waals surface area contributed by atoms with Gasteiger partial charge in [0.2, 0.25) is 0 Å². The summed E-state index contributed by atoms with van der Waals surface area (Å²) in [5.41, 5.74) is 2.67. The van der Waals surface area contributed by atoms with Crippen molar-refractivity contribution < 1.29 is 0 Å². The monoisotopic (exact) mass is 191 g/mol. The third-order valence-corrected chi connectivity index (χ3v) is 2.54. The third-order valence-electron chi connectivity index (χ3n) is 2.54. The van der Waals surface area contributed by atoms with Crippen LogP contribution < -0.4 is 4.90 Å². The van der Waals surface area contributed by atoms with Gasteiger partial charge in [0.25, 0.3) is 0 Å². The molecule has 1 heteroatoms. The normalized spacial score (nSPS) is 10.2. The molecule has 0 heterocycles. The van der Waals surface area contributed by atoms with E-state index in [0.29, 0.717) is 0 Å². The second-order valence-electron chi connectivity index (χ2n) is 3.97. The summed E-state index contributed by atoms with van der Waals surface area (Å²) >= 11 is 0. The van der Waals surface area contributed by atoms with Crippen LogP contribution in [-0.2, 0) is 0 Å². The molecule has 1 rings (SSSR count). The molecule has 0 unspecified atom stereocenters. The van der Waals surface area contributed by atoms with Crippen LogP contribution >= 0.6 is 0 Å². The van der Waals surface area contributed by atoms with Crippen molar-refractivity contribution in [3.05, 3.63) is 29.8 Å². The van der Waals surface area contributed by atoms with Gasteiger partial charge in [0.05, 0.1) is 0 Å². The van der Waals surface area contributed by atoms with Crippen LogP contribution in [0.4, 0.5) is 5.69 Å². The maximum atomic E-state index is 2.34. The maximum Gasteiger partial charge on any atom is 0.0366 e. The summed E-state index contributed by atoms with van der Waals surface area (Å²) in [5.74, 6) is 0. The average molecular weight is 191 g/mol. The van der Waals surface area contributed by atoms with Crippen LogP contribution in [0.1, 0.15) is 31.7 Å². The van der Waals surface area contributed by atoms with Gasteiger partial charge in [0, 0.05) is 19.3 Å². The Morgan fingerprint density at radius 1 is 1.21 bits per heavy atom. The molecular formula is C13H21N. The van der Waals surface area contributed by atoms with Gasteiger partial charge in [-0.15, -0.1) is 0 Å². The summed E-state index contributed by atoms with van der Waals surface area (Å²) in [7, 11) is 2.17. The molecule has 0 N–H and O–H groups in total. The van der Waals surface area contributed by atoms with E-state index >= 15 is 0 Å². The highest BCUT2D eigenvalue weighted by Crippen LogP contribution is 2.14. The molecule has 1 aromatic carbocycles. The topological polar surface area (TPSA) is 3.24 Å². The van der Waals surface area contributed by atoms with Crippen molar-refractivity contribution in [2.75, 3.05) is 18.5 Å². The van der Waals surface area contributed by atoms with E-state index in [-0.39, 0.29) is 0 Å². The summed E-state index contributed by atoms with van der Waals surface area (Å²) in [6, 6.07) is 8.69. The SMILES string of the molecule is CCCCCN(C)c1cccc(C)c1. The van der Waals surface area contributed by atoms with Gasteiger partial charge in [-0.3, -0.25) is 0 Å². The first-order chi connectivity index (χ1) is 6.74. The Balaban J connectivity index is 2.47. The molecule has 0 radical (unpaired) electrons. The second kappa shape index (κ2) is 5.69. The van der Waals surface area contributed by atoms with Crippen LogP contribution in [0.3, 0.4) is 0 Å². The minimum atomic E-state index is 1.16. The molecular weight excluding hydrogens is 170 g/mol. The van der Waals surface area contributed by atoms with Gasteiger partial charge in [-0.25, -0.2) is 0 Å². The van der Waals surface area contributed by atoms with Gasteiger partial charge in [-0.05, 0) is 31.0 Å². The predicted molar refractivity (Wildman–Crippen MR) is 64.0 cm³/mol. The molecule has 0 spiro atoms. The first kappa shape index (κ1) is 11.1. The summed E-state index contributed by atoms with van der Waals surface area (Å²) in [6.45, 7) is 5.55. The van der Waals surface area contributed by atoms with Crippen molar-refractivity contribution in [3.8, 4) is 0 Å². The number of hydrogen-bond donors (Lipinski definition) is 0. The number of benzene rings is 1. The van der Waals surface area contributed by atoms with Crippen LogP contribution in [0.25, 0.3) is 0 Å². The van der Waals surface area contributed by atoms with Gasteiger partial charge in [0.15, 0.2) is 0 Å². The van der Waals surface area contributed by atoms with Gasteiger partial charge in [-0.2, -0.15) is 0 Å². The molecule has 1 nitrogen and oxygen atoms in total. The molecule has 0 aliphatic rings. The van der Waals surface area contributed by atoms with Crippen molar-refractivity contribution in [2.45, 2.75) is 33.1 Å². The Hall–Kier alpha value is -0.980. The minimum Gasteiger partial charge on any atom is -0.375 e. The van der Waals surface area contributed by atoms with Crippen LogP contribution in [0.2, 0.25) is 0 Å². The molecule has 0 amide bonds. The van der Waals surface area contributed by atoms with Gasteiger partial charge in [-0.1, -0.05) is 31.9 Å². The van der Waals surface area contributed by atoms with E-state index in [1.54, 1.807) is 0 Å². The van der Waals surface area contributed by atoms with E-state index in [4.69, 9.17) is 0 Å². The summed E-state index contributed by atoms with van der Waals surface area (Å²) in [6.07, 6.45) is 3.92. The minimum absolute atomic E-state index is 1.16. The van der Waals surface area contributed by atoms with Gasteiger partial charge in [0.1, 0.15) is 0 Å². The highest BCUT2D eigenvalue weighted by atomic mass is 15.1. The number of anilines is 1. The highest BCUT2D eigenvalue weighted by molar-refractivity contribution is 5.47. The third kappa shape index (κ3) is 3.41. The molecule has 0 saturated carbocycles. The zero-order valence-electron chi connectivity index (χ0n) is 9.59. The standard InChI is InChI=1S/C13H21N/c1-4-5-6-10-14(3)13-9-7-8-12(2)11-13/h7-9,11H,4-6,10H2,1-3H3. The number of rotatable bonds is 5. The Morgan fingerprint density at radius 3 is 2.64 bits per heavy atom. The predicted octanol–water partition coefficient (Wildman–Crippen LogP) is 3.62. The molecule has 0 fully saturated rings. The molecule has 1 aromatic rings. The quantitative estimate of drug-likeness (QED) is 0.642. The van der Waals surface area contributed by atoms with Crippen molar-refractivity contribution in [3.63, 3.8) is 0 Å². The Kier molecular flexibility index (Phi) is 4.51. The van der Waals surface area contributed by atoms with Crippen molar-refractivity contribution in [1.29, 1.82) is 0 Å². The molecule has 78 valence electrons. The fourth-order valence-corrected chi connectivity index (χ4v) is 1.59. The van der Waals surface area contributed by atoms with E-state index in [1.165, 1.54) is 30.5 Å². The molecule has 14 heavy (non-hydrogen) atoms. The molecule has 0 aromatic heterocycles. The number of nitrogens with zero attached hydrogens (tertiary/aromatic N) is 1. The maximum absolute atomic E-state index is 2.34. The van der Waals surface area contributed by atoms with E-state index in [1.807, 2.05) is 0 Å². The van der Waals surface area contributed by atoms with E-state index < -0.39 is 0 Å². The smallest absolute Gasteiger partial charge is 0.0366 e. The highest BCUT2D eigenvalue weighted by Gasteiger charge is 1.99. The van der Waals surface area contributed by atoms with Crippen molar-refractivity contribution >= 4 is 5.69 Å². The molecule has 0 saturated heterocycles. The summed E-state index contributed by atoms with van der Waals surface area (Å²) in [5, 5.41) is 0. The van der Waals surface area contributed by atoms with Gasteiger partial charge < -0.3 is 4.90 Å². The van der Waals surface area contributed by atoms with Crippen LogP contribution in [0.5, 0.6) is 0 Å². The first-order valence-electron chi connectivity index (χ1n) is 5.52. The molecule has 0 atom stereocenters. The summed E-state index contributed by atoms with van der Waals surface area (Å²) < 4.78 is 0. The van der Waals surface area contributed by atoms with Crippen LogP contribution in [0, 0.1) is 6.92 Å². The Morgan fingerprint density at radius 2 is 2.00 bits per heavy atom. The van der Waals surface area contributed by atoms with Crippen molar-refractivity contribution in [2.24, 2.45) is 0 Å². The number of hydrogen-bond acceptors (Lipinski definition) is 1. The largest absolute Gasteiger partial charge is 0.375 e. The Labute approximate surface area is 87.7 Å². The van der Waals surface area contributed by atoms with Crippen LogP contribution in [-0.4, -0.2) is 13.6 Å². The lowest BCUT2D eigenvalue weighted by atomic mass is 10.2. The lowest BCUT2D eigenvalue weighted by Crippen LogP contribution is -2.18. The number of aryl methyl sites for hydroxylation is 1. The second-order valence-corrected chi connectivity index (χ2v) is 3.97. The van der Waals surface area contributed by atoms with E-state index in [9.17, 15) is 0 Å². The molecule has 0 bridgehead atoms. The molecule has 0 aliphatic heterocycles. The zero-order chi connectivity index (χ0) is 10.4. The summed E-state index contributed by atoms with van der Waals surface area (Å²) in [4.78, 5) is 2.34. The fourth-order valence-electron chi connectivity index (χ4n) is 1.59. The average Bonchev–Trinajstić information content (AvgIpc) is 2.18. The van der Waals surface area contributed by atoms with Gasteiger partial charge >= 0.3 is 0 Å². The first-order valence-corrected chi connectivity index (χ1v) is 5.52. The number of unbranched alkanes of at least 4 members (excludes halogenated alkanes) is 2. The zero-order valence-corrected chi connectivity index (χ0v) is 9.59. The van der Waals surface area contributed by atoms with Crippen LogP contribution in [0.15, 0.2) is 24.3 Å². The van der Waals surface area contributed by atoms with Crippen molar-refractivity contribution in [1.82, 2.24) is 0 Å². The molecule has 0 aliphatic carbocycles.